The Kier molecular flexibility index (Phi) is 5.13. The Bertz CT molecular complexity index is 1190. The number of carbonyl (C=O) groups excluding carboxylic acids is 1. The van der Waals surface area contributed by atoms with E-state index in [1.54, 1.807) is 4.90 Å². The fraction of sp³-hybridized carbons (Fsp3) is 0.455. The van der Waals surface area contributed by atoms with Crippen molar-refractivity contribution in [3.8, 4) is 0 Å². The first-order valence-corrected chi connectivity index (χ1v) is 11.6. The minimum atomic E-state index is -0.381. The van der Waals surface area contributed by atoms with Gasteiger partial charge in [-0.2, -0.15) is 4.52 Å². The first-order valence-electron chi connectivity index (χ1n) is 10.8. The normalized spacial score (nSPS) is 17.0. The van der Waals surface area contributed by atoms with Crippen LogP contribution in [0.15, 0.2) is 29.2 Å². The van der Waals surface area contributed by atoms with Gasteiger partial charge in [-0.05, 0) is 43.9 Å². The number of piperazine rings is 1. The second-order valence-corrected chi connectivity index (χ2v) is 9.18. The summed E-state index contributed by atoms with van der Waals surface area (Å²) in [4.78, 5) is 37.2. The van der Waals surface area contributed by atoms with E-state index >= 15 is 0 Å². The summed E-state index contributed by atoms with van der Waals surface area (Å²) < 4.78 is 1.29. The highest BCUT2D eigenvalue weighted by Gasteiger charge is 2.27. The van der Waals surface area contributed by atoms with Gasteiger partial charge in [-0.25, -0.2) is 4.98 Å². The van der Waals surface area contributed by atoms with E-state index in [0.29, 0.717) is 18.1 Å². The van der Waals surface area contributed by atoms with Gasteiger partial charge in [0.15, 0.2) is 0 Å². The third kappa shape index (κ3) is 3.56. The van der Waals surface area contributed by atoms with Crippen LogP contribution in [0.1, 0.15) is 34.3 Å². The van der Waals surface area contributed by atoms with Gasteiger partial charge in [0.05, 0.1) is 0 Å². The molecule has 2 aromatic heterocycles. The van der Waals surface area contributed by atoms with E-state index in [-0.39, 0.29) is 17.0 Å². The van der Waals surface area contributed by atoms with Gasteiger partial charge >= 0.3 is 0 Å². The molecule has 2 aliphatic heterocycles. The molecule has 4 heterocycles. The molecule has 9 heteroatoms. The zero-order chi connectivity index (χ0) is 21.5. The molecule has 31 heavy (non-hydrogen) atoms. The predicted molar refractivity (Wildman–Crippen MR) is 123 cm³/mol. The molecule has 2 aliphatic rings. The SMILES string of the molecule is Cc1cccc(N2CCN(C(=O)c3cnc4sc(N5CCCC5)nn4c3=O)CC2)c1C. The summed E-state index contributed by atoms with van der Waals surface area (Å²) in [5.41, 5.74) is 3.46. The highest BCUT2D eigenvalue weighted by molar-refractivity contribution is 7.20. The number of aromatic nitrogens is 3. The van der Waals surface area contributed by atoms with E-state index in [1.807, 2.05) is 0 Å². The summed E-state index contributed by atoms with van der Waals surface area (Å²) >= 11 is 1.40. The van der Waals surface area contributed by atoms with Crippen LogP contribution in [-0.2, 0) is 0 Å². The van der Waals surface area contributed by atoms with Crippen LogP contribution < -0.4 is 15.4 Å². The van der Waals surface area contributed by atoms with Gasteiger partial charge in [0.2, 0.25) is 10.1 Å². The number of amides is 1. The van der Waals surface area contributed by atoms with Gasteiger partial charge < -0.3 is 14.7 Å². The quantitative estimate of drug-likeness (QED) is 0.625. The molecule has 2 fully saturated rings. The number of carbonyl (C=O) groups is 1. The maximum Gasteiger partial charge on any atom is 0.288 e. The molecule has 0 bridgehead atoms. The predicted octanol–water partition coefficient (Wildman–Crippen LogP) is 2.33. The molecule has 5 rings (SSSR count). The molecule has 0 spiro atoms. The van der Waals surface area contributed by atoms with Gasteiger partial charge in [0.1, 0.15) is 5.56 Å². The van der Waals surface area contributed by atoms with E-state index in [4.69, 9.17) is 0 Å². The van der Waals surface area contributed by atoms with Crippen LogP contribution in [0.5, 0.6) is 0 Å². The Morgan fingerprint density at radius 3 is 2.48 bits per heavy atom. The third-order valence-corrected chi connectivity index (χ3v) is 7.35. The van der Waals surface area contributed by atoms with Crippen LogP contribution in [0.3, 0.4) is 0 Å². The van der Waals surface area contributed by atoms with E-state index in [0.717, 1.165) is 44.2 Å². The number of hydrogen-bond donors (Lipinski definition) is 0. The van der Waals surface area contributed by atoms with Crippen molar-refractivity contribution in [1.29, 1.82) is 0 Å². The minimum Gasteiger partial charge on any atom is -0.368 e. The highest BCUT2D eigenvalue weighted by atomic mass is 32.1. The first-order chi connectivity index (χ1) is 15.0. The van der Waals surface area contributed by atoms with Crippen molar-refractivity contribution in [2.24, 2.45) is 0 Å². The van der Waals surface area contributed by atoms with Crippen LogP contribution in [-0.4, -0.2) is 64.7 Å². The average molecular weight is 439 g/mol. The number of hydrogen-bond acceptors (Lipinski definition) is 7. The molecule has 1 aromatic carbocycles. The fourth-order valence-corrected chi connectivity index (χ4v) is 5.27. The number of nitrogens with zero attached hydrogens (tertiary/aromatic N) is 6. The highest BCUT2D eigenvalue weighted by Crippen LogP contribution is 2.26. The summed E-state index contributed by atoms with van der Waals surface area (Å²) in [5, 5.41) is 5.26. The lowest BCUT2D eigenvalue weighted by Gasteiger charge is -2.37. The number of aryl methyl sites for hydroxylation is 1. The van der Waals surface area contributed by atoms with Gasteiger partial charge in [-0.1, -0.05) is 23.5 Å². The number of anilines is 2. The topological polar surface area (TPSA) is 74.1 Å². The molecular formula is C22H26N6O2S. The van der Waals surface area contributed by atoms with Crippen molar-refractivity contribution in [3.05, 3.63) is 51.4 Å². The number of fused-ring (bicyclic) bond motifs is 1. The van der Waals surface area contributed by atoms with E-state index < -0.39 is 0 Å². The van der Waals surface area contributed by atoms with Crippen molar-refractivity contribution in [1.82, 2.24) is 19.5 Å². The Labute approximate surface area is 184 Å². The molecule has 1 amide bonds. The van der Waals surface area contributed by atoms with Crippen molar-refractivity contribution >= 4 is 33.0 Å². The zero-order valence-electron chi connectivity index (χ0n) is 17.9. The van der Waals surface area contributed by atoms with Crippen LogP contribution in [0.2, 0.25) is 0 Å². The second kappa shape index (κ2) is 7.96. The van der Waals surface area contributed by atoms with E-state index in [1.165, 1.54) is 38.9 Å². The van der Waals surface area contributed by atoms with E-state index in [9.17, 15) is 9.59 Å². The van der Waals surface area contributed by atoms with Gasteiger partial charge in [-0.15, -0.1) is 5.10 Å². The molecule has 3 aromatic rings. The van der Waals surface area contributed by atoms with Gasteiger partial charge in [0.25, 0.3) is 11.5 Å². The molecular weight excluding hydrogens is 412 g/mol. The van der Waals surface area contributed by atoms with Crippen LogP contribution in [0.4, 0.5) is 10.8 Å². The van der Waals surface area contributed by atoms with Crippen molar-refractivity contribution in [3.63, 3.8) is 0 Å². The Morgan fingerprint density at radius 2 is 1.74 bits per heavy atom. The van der Waals surface area contributed by atoms with Crippen molar-refractivity contribution in [2.45, 2.75) is 26.7 Å². The summed E-state index contributed by atoms with van der Waals surface area (Å²) in [6.45, 7) is 8.77. The van der Waals surface area contributed by atoms with Gasteiger partial charge in [0, 0.05) is 51.2 Å². The molecule has 8 nitrogen and oxygen atoms in total. The molecule has 0 saturated carbocycles. The van der Waals surface area contributed by atoms with Crippen molar-refractivity contribution in [2.75, 3.05) is 49.1 Å². The average Bonchev–Trinajstić information content (AvgIpc) is 3.46. The maximum atomic E-state index is 13.1. The number of rotatable bonds is 3. The Balaban J connectivity index is 1.34. The van der Waals surface area contributed by atoms with Gasteiger partial charge in [-0.3, -0.25) is 9.59 Å². The largest absolute Gasteiger partial charge is 0.368 e. The number of benzene rings is 1. The second-order valence-electron chi connectivity index (χ2n) is 8.25. The summed E-state index contributed by atoms with van der Waals surface area (Å²) in [7, 11) is 0. The Hall–Kier alpha value is -2.94. The smallest absolute Gasteiger partial charge is 0.288 e. The van der Waals surface area contributed by atoms with Crippen LogP contribution in [0, 0.1) is 13.8 Å². The molecule has 0 aliphatic carbocycles. The monoisotopic (exact) mass is 438 g/mol. The third-order valence-electron chi connectivity index (χ3n) is 6.37. The van der Waals surface area contributed by atoms with Crippen LogP contribution >= 0.6 is 11.3 Å². The molecule has 162 valence electrons. The lowest BCUT2D eigenvalue weighted by molar-refractivity contribution is 0.0744. The Morgan fingerprint density at radius 1 is 1.00 bits per heavy atom. The molecule has 0 atom stereocenters. The summed E-state index contributed by atoms with van der Waals surface area (Å²) in [5.74, 6) is -0.261. The molecule has 2 saturated heterocycles. The van der Waals surface area contributed by atoms with E-state index in [2.05, 4.69) is 51.9 Å². The molecule has 0 N–H and O–H groups in total. The van der Waals surface area contributed by atoms with Crippen molar-refractivity contribution < 1.29 is 4.79 Å². The fourth-order valence-electron chi connectivity index (χ4n) is 4.36. The zero-order valence-corrected chi connectivity index (χ0v) is 18.7. The minimum absolute atomic E-state index is 0.0935. The first kappa shape index (κ1) is 20.0. The summed E-state index contributed by atoms with van der Waals surface area (Å²) in [6, 6.07) is 6.31. The molecule has 0 radical (unpaired) electrons. The molecule has 0 unspecified atom stereocenters. The van der Waals surface area contributed by atoms with Crippen LogP contribution in [0.25, 0.3) is 4.96 Å². The lowest BCUT2D eigenvalue weighted by Crippen LogP contribution is -2.50. The lowest BCUT2D eigenvalue weighted by atomic mass is 10.1. The standard InChI is InChI=1S/C22H26N6O2S/c1-15-6-5-7-18(16(15)2)25-10-12-26(13-11-25)19(29)17-14-23-21-28(20(17)30)24-22(31-21)27-8-3-4-9-27/h5-7,14H,3-4,8-13H2,1-2H3. The maximum absolute atomic E-state index is 13.1. The summed E-state index contributed by atoms with van der Waals surface area (Å²) in [6.07, 6.45) is 3.69.